The summed E-state index contributed by atoms with van der Waals surface area (Å²) in [5, 5.41) is 3.22. The Labute approximate surface area is 125 Å². The summed E-state index contributed by atoms with van der Waals surface area (Å²) in [5.74, 6) is 0.497. The molecule has 2 rings (SSSR count). The number of carbonyl (C=O) groups excluding carboxylic acids is 1. The Morgan fingerprint density at radius 1 is 1.55 bits per heavy atom. The molecule has 0 saturated carbocycles. The molecule has 0 aliphatic carbocycles. The highest BCUT2D eigenvalue weighted by Gasteiger charge is 2.14. The van der Waals surface area contributed by atoms with Gasteiger partial charge < -0.3 is 10.1 Å². The molecule has 0 aliphatic heterocycles. The third kappa shape index (κ3) is 3.57. The second kappa shape index (κ2) is 6.85. The minimum Gasteiger partial charge on any atom is -0.466 e. The number of esters is 1. The lowest BCUT2D eigenvalue weighted by Gasteiger charge is -2.13. The van der Waals surface area contributed by atoms with E-state index in [1.54, 1.807) is 30.0 Å². The van der Waals surface area contributed by atoms with Crippen LogP contribution in [-0.4, -0.2) is 39.8 Å². The van der Waals surface area contributed by atoms with Gasteiger partial charge in [0, 0.05) is 6.04 Å². The number of aromatic nitrogens is 3. The number of nitrogens with zero attached hydrogens (tertiary/aromatic N) is 3. The first kappa shape index (κ1) is 15.0. The number of ether oxygens (including phenoxy) is 1. The lowest BCUT2D eigenvalue weighted by molar-refractivity contribution is -0.143. The molecule has 2 aromatic rings. The first-order valence-electron chi connectivity index (χ1n) is 6.21. The average Bonchev–Trinajstić information content (AvgIpc) is 2.83. The molecule has 0 fully saturated rings. The molecule has 0 bridgehead atoms. The molecule has 0 spiro atoms. The predicted octanol–water partition coefficient (Wildman–Crippen LogP) is 2.56. The van der Waals surface area contributed by atoms with Gasteiger partial charge in [0.25, 0.3) is 0 Å². The summed E-state index contributed by atoms with van der Waals surface area (Å²) >= 11 is 3.12. The highest BCUT2D eigenvalue weighted by atomic mass is 32.2. The normalized spacial score (nSPS) is 12.3. The standard InChI is InChI=1S/C12H16N4O2S2/c1-4-18-8(17)5-7(2)15-10-9-11(14-6-13-10)16-12(19-3)20-9/h6-7H,4-5H2,1-3H3,(H,13,14,15). The van der Waals surface area contributed by atoms with Crippen LogP contribution >= 0.6 is 23.1 Å². The first-order chi connectivity index (χ1) is 9.63. The molecule has 0 amide bonds. The van der Waals surface area contributed by atoms with Gasteiger partial charge in [0.05, 0.1) is 13.0 Å². The van der Waals surface area contributed by atoms with Crippen LogP contribution in [0.25, 0.3) is 10.3 Å². The zero-order chi connectivity index (χ0) is 14.5. The van der Waals surface area contributed by atoms with Crippen molar-refractivity contribution in [2.24, 2.45) is 0 Å². The molecule has 0 radical (unpaired) electrons. The molecule has 108 valence electrons. The molecule has 2 heterocycles. The number of hydrogen-bond acceptors (Lipinski definition) is 8. The van der Waals surface area contributed by atoms with Crippen LogP contribution in [0.15, 0.2) is 10.7 Å². The maximum absolute atomic E-state index is 11.4. The van der Waals surface area contributed by atoms with E-state index < -0.39 is 0 Å². The van der Waals surface area contributed by atoms with Gasteiger partial charge in [-0.2, -0.15) is 0 Å². The molecule has 20 heavy (non-hydrogen) atoms. The predicted molar refractivity (Wildman–Crippen MR) is 81.3 cm³/mol. The van der Waals surface area contributed by atoms with Gasteiger partial charge in [-0.05, 0) is 20.1 Å². The lowest BCUT2D eigenvalue weighted by Crippen LogP contribution is -2.21. The van der Waals surface area contributed by atoms with Crippen molar-refractivity contribution in [1.29, 1.82) is 0 Å². The SMILES string of the molecule is CCOC(=O)CC(C)Nc1ncnc2nc(SC)sc12. The van der Waals surface area contributed by atoms with E-state index >= 15 is 0 Å². The molecule has 0 saturated heterocycles. The van der Waals surface area contributed by atoms with Crippen molar-refractivity contribution in [3.63, 3.8) is 0 Å². The van der Waals surface area contributed by atoms with Gasteiger partial charge in [-0.15, -0.1) is 11.3 Å². The monoisotopic (exact) mass is 312 g/mol. The van der Waals surface area contributed by atoms with Crippen LogP contribution in [0.2, 0.25) is 0 Å². The quantitative estimate of drug-likeness (QED) is 0.649. The van der Waals surface area contributed by atoms with Crippen molar-refractivity contribution in [3.8, 4) is 0 Å². The Morgan fingerprint density at radius 3 is 3.05 bits per heavy atom. The average molecular weight is 312 g/mol. The second-order valence-electron chi connectivity index (χ2n) is 4.11. The summed E-state index contributed by atoms with van der Waals surface area (Å²) in [6.07, 6.45) is 3.75. The molecule has 0 aromatic carbocycles. The van der Waals surface area contributed by atoms with E-state index in [1.807, 2.05) is 13.2 Å². The van der Waals surface area contributed by atoms with Crippen molar-refractivity contribution in [3.05, 3.63) is 6.33 Å². The molecule has 1 N–H and O–H groups in total. The molecule has 0 aliphatic rings. The Balaban J connectivity index is 2.12. The maximum atomic E-state index is 11.4. The van der Waals surface area contributed by atoms with Crippen molar-refractivity contribution < 1.29 is 9.53 Å². The van der Waals surface area contributed by atoms with E-state index in [9.17, 15) is 4.79 Å². The number of thiazole rings is 1. The summed E-state index contributed by atoms with van der Waals surface area (Å²) in [4.78, 5) is 24.2. The molecule has 1 atom stereocenters. The number of hydrogen-bond donors (Lipinski definition) is 1. The van der Waals surface area contributed by atoms with E-state index in [4.69, 9.17) is 4.74 Å². The number of anilines is 1. The molecule has 8 heteroatoms. The van der Waals surface area contributed by atoms with Crippen molar-refractivity contribution in [2.75, 3.05) is 18.2 Å². The lowest BCUT2D eigenvalue weighted by atomic mass is 10.2. The van der Waals surface area contributed by atoms with Crippen LogP contribution in [0.1, 0.15) is 20.3 Å². The van der Waals surface area contributed by atoms with Gasteiger partial charge in [-0.3, -0.25) is 4.79 Å². The van der Waals surface area contributed by atoms with Gasteiger partial charge in [0.2, 0.25) is 0 Å². The van der Waals surface area contributed by atoms with Crippen molar-refractivity contribution in [2.45, 2.75) is 30.6 Å². The van der Waals surface area contributed by atoms with Crippen molar-refractivity contribution in [1.82, 2.24) is 15.0 Å². The zero-order valence-corrected chi connectivity index (χ0v) is 13.2. The smallest absolute Gasteiger partial charge is 0.307 e. The van der Waals surface area contributed by atoms with E-state index in [1.165, 1.54) is 6.33 Å². The first-order valence-corrected chi connectivity index (χ1v) is 8.25. The fourth-order valence-corrected chi connectivity index (χ4v) is 3.14. The Kier molecular flexibility index (Phi) is 5.13. The van der Waals surface area contributed by atoms with Gasteiger partial charge in [0.15, 0.2) is 9.99 Å². The third-order valence-corrected chi connectivity index (χ3v) is 4.54. The Morgan fingerprint density at radius 2 is 2.35 bits per heavy atom. The minimum atomic E-state index is -0.216. The van der Waals surface area contributed by atoms with Crippen molar-refractivity contribution >= 4 is 45.2 Å². The summed E-state index contributed by atoms with van der Waals surface area (Å²) in [6.45, 7) is 4.11. The fourth-order valence-electron chi connectivity index (χ4n) is 1.68. The molecule has 6 nitrogen and oxygen atoms in total. The topological polar surface area (TPSA) is 77.0 Å². The van der Waals surface area contributed by atoms with E-state index in [0.29, 0.717) is 24.5 Å². The molecular formula is C12H16N4O2S2. The highest BCUT2D eigenvalue weighted by Crippen LogP contribution is 2.31. The molecule has 1 unspecified atom stereocenters. The highest BCUT2D eigenvalue weighted by molar-refractivity contribution is 8.00. The largest absolute Gasteiger partial charge is 0.466 e. The number of thioether (sulfide) groups is 1. The van der Waals surface area contributed by atoms with Crippen LogP contribution in [0.5, 0.6) is 0 Å². The van der Waals surface area contributed by atoms with E-state index in [-0.39, 0.29) is 12.0 Å². The van der Waals surface area contributed by atoms with E-state index in [2.05, 4.69) is 20.3 Å². The number of rotatable bonds is 6. The summed E-state index contributed by atoms with van der Waals surface area (Å²) < 4.78 is 6.79. The Bertz CT molecular complexity index is 602. The molecule has 2 aromatic heterocycles. The van der Waals surface area contributed by atoms with Gasteiger partial charge in [0.1, 0.15) is 16.8 Å². The number of carbonyl (C=O) groups is 1. The van der Waals surface area contributed by atoms with Crippen LogP contribution in [0.3, 0.4) is 0 Å². The third-order valence-electron chi connectivity index (χ3n) is 2.51. The fraction of sp³-hybridized carbons (Fsp3) is 0.500. The van der Waals surface area contributed by atoms with Crippen LogP contribution < -0.4 is 5.32 Å². The van der Waals surface area contributed by atoms with Gasteiger partial charge >= 0.3 is 5.97 Å². The Hall–Kier alpha value is -1.41. The summed E-state index contributed by atoms with van der Waals surface area (Å²) in [6, 6.07) is -0.0630. The minimum absolute atomic E-state index is 0.0630. The number of fused-ring (bicyclic) bond motifs is 1. The van der Waals surface area contributed by atoms with Crippen LogP contribution in [-0.2, 0) is 9.53 Å². The summed E-state index contributed by atoms with van der Waals surface area (Å²) in [5.41, 5.74) is 0.681. The van der Waals surface area contributed by atoms with Crippen LogP contribution in [0.4, 0.5) is 5.82 Å². The molecular weight excluding hydrogens is 296 g/mol. The second-order valence-corrected chi connectivity index (χ2v) is 6.17. The van der Waals surface area contributed by atoms with Crippen LogP contribution in [0, 0.1) is 0 Å². The van der Waals surface area contributed by atoms with Gasteiger partial charge in [-0.1, -0.05) is 11.8 Å². The zero-order valence-electron chi connectivity index (χ0n) is 11.5. The summed E-state index contributed by atoms with van der Waals surface area (Å²) in [7, 11) is 0. The number of nitrogens with one attached hydrogen (secondary N) is 1. The maximum Gasteiger partial charge on any atom is 0.307 e. The van der Waals surface area contributed by atoms with E-state index in [0.717, 1.165) is 9.04 Å². The van der Waals surface area contributed by atoms with Gasteiger partial charge in [-0.25, -0.2) is 15.0 Å².